The molecule has 1 aromatic rings. The van der Waals surface area contributed by atoms with Crippen LogP contribution in [0.3, 0.4) is 0 Å². The number of nitriles is 1. The van der Waals surface area contributed by atoms with Crippen LogP contribution in [-0.4, -0.2) is 38.1 Å². The van der Waals surface area contributed by atoms with Gasteiger partial charge in [0.1, 0.15) is 0 Å². The third kappa shape index (κ3) is 4.35. The Balaban J connectivity index is 1.59. The van der Waals surface area contributed by atoms with Gasteiger partial charge in [0, 0.05) is 24.8 Å². The van der Waals surface area contributed by atoms with E-state index < -0.39 is 11.7 Å². The van der Waals surface area contributed by atoms with Crippen LogP contribution >= 0.6 is 0 Å². The van der Waals surface area contributed by atoms with Gasteiger partial charge in [0.25, 0.3) is 0 Å². The average molecular weight is 406 g/mol. The maximum absolute atomic E-state index is 13.4. The monoisotopic (exact) mass is 406 g/mol. The van der Waals surface area contributed by atoms with Gasteiger partial charge in [-0.2, -0.15) is 18.4 Å². The van der Waals surface area contributed by atoms with Gasteiger partial charge < -0.3 is 15.5 Å². The molecular formula is C21H25F3N4O. The van der Waals surface area contributed by atoms with Crippen molar-refractivity contribution in [3.8, 4) is 6.07 Å². The third-order valence-corrected chi connectivity index (χ3v) is 6.41. The fourth-order valence-electron chi connectivity index (χ4n) is 4.66. The van der Waals surface area contributed by atoms with Crippen molar-refractivity contribution >= 4 is 11.6 Å². The van der Waals surface area contributed by atoms with Crippen molar-refractivity contribution < 1.29 is 18.0 Å². The number of carbonyl (C=O) groups excluding carboxylic acids is 1. The molecule has 3 aliphatic rings. The summed E-state index contributed by atoms with van der Waals surface area (Å²) in [5.74, 6) is 0.324. The second-order valence-corrected chi connectivity index (χ2v) is 8.39. The first-order valence-electron chi connectivity index (χ1n) is 10.2. The van der Waals surface area contributed by atoms with Gasteiger partial charge in [0.05, 0.1) is 23.1 Å². The summed E-state index contributed by atoms with van der Waals surface area (Å²) in [7, 11) is 0. The molecule has 8 heteroatoms. The van der Waals surface area contributed by atoms with Crippen molar-refractivity contribution in [3.05, 3.63) is 29.3 Å². The van der Waals surface area contributed by atoms with Crippen LogP contribution in [0.5, 0.6) is 0 Å². The van der Waals surface area contributed by atoms with Crippen LogP contribution in [0.15, 0.2) is 18.2 Å². The molecule has 2 atom stereocenters. The zero-order valence-corrected chi connectivity index (χ0v) is 16.1. The quantitative estimate of drug-likeness (QED) is 0.807. The lowest BCUT2D eigenvalue weighted by Crippen LogP contribution is -2.40. The van der Waals surface area contributed by atoms with Crippen molar-refractivity contribution in [1.29, 1.82) is 5.26 Å². The number of hydrogen-bond acceptors (Lipinski definition) is 4. The first kappa shape index (κ1) is 20.0. The number of nitrogens with one attached hydrogen (secondary N) is 2. The van der Waals surface area contributed by atoms with E-state index >= 15 is 0 Å². The second kappa shape index (κ2) is 7.86. The zero-order chi connectivity index (χ0) is 20.6. The van der Waals surface area contributed by atoms with E-state index in [4.69, 9.17) is 5.26 Å². The molecule has 156 valence electrons. The smallest absolute Gasteiger partial charge is 0.370 e. The Hall–Kier alpha value is -2.27. The summed E-state index contributed by atoms with van der Waals surface area (Å²) in [5, 5.41) is 15.5. The maximum Gasteiger partial charge on any atom is 0.417 e. The van der Waals surface area contributed by atoms with Crippen molar-refractivity contribution in [2.75, 3.05) is 31.1 Å². The number of anilines is 1. The maximum atomic E-state index is 13.4. The van der Waals surface area contributed by atoms with Crippen LogP contribution in [0.2, 0.25) is 0 Å². The van der Waals surface area contributed by atoms with Crippen LogP contribution in [0, 0.1) is 29.1 Å². The molecule has 0 bridgehead atoms. The number of benzene rings is 1. The summed E-state index contributed by atoms with van der Waals surface area (Å²) in [4.78, 5) is 14.8. The minimum atomic E-state index is -4.59. The molecule has 29 heavy (non-hydrogen) atoms. The molecule has 3 fully saturated rings. The Morgan fingerprint density at radius 2 is 1.90 bits per heavy atom. The number of amides is 1. The topological polar surface area (TPSA) is 68.2 Å². The summed E-state index contributed by atoms with van der Waals surface area (Å²) in [6, 6.07) is 5.74. The summed E-state index contributed by atoms with van der Waals surface area (Å²) in [5.41, 5.74) is -0.864. The number of rotatable bonds is 4. The van der Waals surface area contributed by atoms with Crippen LogP contribution in [0.25, 0.3) is 0 Å². The van der Waals surface area contributed by atoms with Gasteiger partial charge in [0.2, 0.25) is 5.91 Å². The molecule has 1 saturated carbocycles. The molecule has 2 saturated heterocycles. The summed E-state index contributed by atoms with van der Waals surface area (Å²) in [6.45, 7) is 2.80. The Bertz CT molecular complexity index is 809. The van der Waals surface area contributed by atoms with Gasteiger partial charge in [-0.15, -0.1) is 0 Å². The highest BCUT2D eigenvalue weighted by molar-refractivity contribution is 5.81. The first-order valence-corrected chi connectivity index (χ1v) is 10.2. The lowest BCUT2D eigenvalue weighted by molar-refractivity contribution is -0.137. The molecule has 2 N–H and O–H groups in total. The SMILES string of the molecule is N#Cc1ccc(N2C[C@@H](C(=O)NC3CC3)[C@H](C3CCNCC3)C2)cc1C(F)(F)F. The number of alkyl halides is 3. The third-order valence-electron chi connectivity index (χ3n) is 6.41. The Morgan fingerprint density at radius 3 is 2.52 bits per heavy atom. The van der Waals surface area contributed by atoms with Crippen LogP contribution in [0.1, 0.15) is 36.8 Å². The molecule has 2 aliphatic heterocycles. The van der Waals surface area contributed by atoms with E-state index in [-0.39, 0.29) is 29.3 Å². The lowest BCUT2D eigenvalue weighted by atomic mass is 9.78. The normalized spacial score (nSPS) is 25.7. The van der Waals surface area contributed by atoms with E-state index in [1.165, 1.54) is 6.07 Å². The average Bonchev–Trinajstić information content (AvgIpc) is 3.41. The molecule has 1 amide bonds. The van der Waals surface area contributed by atoms with Crippen molar-refractivity contribution in [2.24, 2.45) is 17.8 Å². The van der Waals surface area contributed by atoms with Crippen molar-refractivity contribution in [3.63, 3.8) is 0 Å². The van der Waals surface area contributed by atoms with E-state index in [1.54, 1.807) is 12.1 Å². The van der Waals surface area contributed by atoms with E-state index in [1.807, 2.05) is 4.90 Å². The van der Waals surface area contributed by atoms with Gasteiger partial charge in [-0.1, -0.05) is 0 Å². The fraction of sp³-hybridized carbons (Fsp3) is 0.619. The minimum Gasteiger partial charge on any atom is -0.370 e. The van der Waals surface area contributed by atoms with E-state index in [0.29, 0.717) is 24.7 Å². The predicted octanol–water partition coefficient (Wildman–Crippen LogP) is 2.91. The molecule has 0 unspecified atom stereocenters. The highest BCUT2D eigenvalue weighted by Gasteiger charge is 2.43. The molecular weight excluding hydrogens is 381 g/mol. The number of hydrogen-bond donors (Lipinski definition) is 2. The number of piperidine rings is 1. The lowest BCUT2D eigenvalue weighted by Gasteiger charge is -2.31. The molecule has 0 aromatic heterocycles. The molecule has 4 rings (SSSR count). The van der Waals surface area contributed by atoms with Gasteiger partial charge in [-0.05, 0) is 68.8 Å². The summed E-state index contributed by atoms with van der Waals surface area (Å²) >= 11 is 0. The predicted molar refractivity (Wildman–Crippen MR) is 102 cm³/mol. The molecule has 1 aromatic carbocycles. The van der Waals surface area contributed by atoms with Gasteiger partial charge >= 0.3 is 6.18 Å². The van der Waals surface area contributed by atoms with Crippen molar-refractivity contribution in [2.45, 2.75) is 37.9 Å². The van der Waals surface area contributed by atoms with Gasteiger partial charge in [-0.3, -0.25) is 4.79 Å². The number of carbonyl (C=O) groups is 1. The number of halogens is 3. The molecule has 5 nitrogen and oxygen atoms in total. The van der Waals surface area contributed by atoms with E-state index in [2.05, 4.69) is 10.6 Å². The Kier molecular flexibility index (Phi) is 5.43. The van der Waals surface area contributed by atoms with E-state index in [9.17, 15) is 18.0 Å². The fourth-order valence-corrected chi connectivity index (χ4v) is 4.66. The standard InChI is InChI=1S/C21H25F3N4O/c22-21(23,24)19-9-16(4-1-14(19)10-25)28-11-17(13-5-7-26-8-6-13)18(12-28)20(29)27-15-2-3-15/h1,4,9,13,15,17-18,26H,2-3,5-8,11-12H2,(H,27,29)/t17-,18+/m0/s1. The van der Waals surface area contributed by atoms with Gasteiger partial charge in [0.15, 0.2) is 0 Å². The van der Waals surface area contributed by atoms with Crippen LogP contribution in [0.4, 0.5) is 18.9 Å². The Labute approximate surface area is 168 Å². The Morgan fingerprint density at radius 1 is 1.17 bits per heavy atom. The van der Waals surface area contributed by atoms with Crippen LogP contribution < -0.4 is 15.5 Å². The van der Waals surface area contributed by atoms with E-state index in [0.717, 1.165) is 44.8 Å². The first-order chi connectivity index (χ1) is 13.9. The molecule has 0 radical (unpaired) electrons. The van der Waals surface area contributed by atoms with Crippen molar-refractivity contribution in [1.82, 2.24) is 10.6 Å². The number of nitrogens with zero attached hydrogens (tertiary/aromatic N) is 2. The summed E-state index contributed by atoms with van der Waals surface area (Å²) in [6.07, 6.45) is -0.618. The second-order valence-electron chi connectivity index (χ2n) is 8.39. The molecule has 2 heterocycles. The highest BCUT2D eigenvalue weighted by Crippen LogP contribution is 2.40. The largest absolute Gasteiger partial charge is 0.417 e. The molecule has 1 aliphatic carbocycles. The van der Waals surface area contributed by atoms with Crippen LogP contribution in [-0.2, 0) is 11.0 Å². The van der Waals surface area contributed by atoms with Gasteiger partial charge in [-0.25, -0.2) is 0 Å². The summed E-state index contributed by atoms with van der Waals surface area (Å²) < 4.78 is 40.2. The highest BCUT2D eigenvalue weighted by atomic mass is 19.4. The zero-order valence-electron chi connectivity index (χ0n) is 16.1. The minimum absolute atomic E-state index is 0.0308. The molecule has 0 spiro atoms.